The number of piperidine rings is 1. The first-order chi connectivity index (χ1) is 12.1. The van der Waals surface area contributed by atoms with Gasteiger partial charge in [-0.05, 0) is 39.2 Å². The van der Waals surface area contributed by atoms with E-state index in [4.69, 9.17) is 0 Å². The van der Waals surface area contributed by atoms with Crippen molar-refractivity contribution in [3.8, 4) is 0 Å². The third kappa shape index (κ3) is 3.14. The molecule has 0 bridgehead atoms. The summed E-state index contributed by atoms with van der Waals surface area (Å²) in [6.07, 6.45) is 7.78. The van der Waals surface area contributed by atoms with Crippen LogP contribution in [-0.2, 0) is 4.79 Å². The Morgan fingerprint density at radius 2 is 1.64 bits per heavy atom. The summed E-state index contributed by atoms with van der Waals surface area (Å²) < 4.78 is 0. The molecule has 0 aromatic carbocycles. The number of rotatable bonds is 1. The Kier molecular flexibility index (Phi) is 4.65. The van der Waals surface area contributed by atoms with E-state index in [0.29, 0.717) is 18.5 Å². The molecule has 4 aliphatic rings. The van der Waals surface area contributed by atoms with Crippen LogP contribution in [0.4, 0.5) is 4.79 Å². The summed E-state index contributed by atoms with van der Waals surface area (Å²) in [7, 11) is 2.10. The zero-order chi connectivity index (χ0) is 17.4. The van der Waals surface area contributed by atoms with Gasteiger partial charge in [-0.15, -0.1) is 0 Å². The summed E-state index contributed by atoms with van der Waals surface area (Å²) in [5.41, 5.74) is -0.289. The van der Waals surface area contributed by atoms with Gasteiger partial charge in [0.05, 0.1) is 5.41 Å². The lowest BCUT2D eigenvalue weighted by atomic mass is 9.77. The predicted octanol–water partition coefficient (Wildman–Crippen LogP) is 1.61. The fourth-order valence-corrected chi connectivity index (χ4v) is 5.28. The van der Waals surface area contributed by atoms with E-state index in [-0.39, 0.29) is 11.4 Å². The SMILES string of the molecule is CN1CCN(C(=O)N2CC[C@@]3(CCCN(C4CCCC4)C3=O)C2)CC1. The second-order valence-corrected chi connectivity index (χ2v) is 8.57. The highest BCUT2D eigenvalue weighted by Gasteiger charge is 2.51. The molecule has 0 unspecified atom stereocenters. The number of hydrogen-bond donors (Lipinski definition) is 0. The van der Waals surface area contributed by atoms with Gasteiger partial charge in [0.1, 0.15) is 0 Å². The van der Waals surface area contributed by atoms with Crippen molar-refractivity contribution in [1.29, 1.82) is 0 Å². The number of hydrogen-bond acceptors (Lipinski definition) is 3. The van der Waals surface area contributed by atoms with Gasteiger partial charge in [0.25, 0.3) is 0 Å². The molecule has 1 saturated carbocycles. The molecule has 6 nitrogen and oxygen atoms in total. The molecular formula is C19H32N4O2. The highest BCUT2D eigenvalue weighted by atomic mass is 16.2. The fourth-order valence-electron chi connectivity index (χ4n) is 5.28. The van der Waals surface area contributed by atoms with Gasteiger partial charge in [0, 0.05) is 51.9 Å². The van der Waals surface area contributed by atoms with Crippen molar-refractivity contribution in [3.05, 3.63) is 0 Å². The maximum absolute atomic E-state index is 13.3. The largest absolute Gasteiger partial charge is 0.339 e. The molecule has 0 aromatic heterocycles. The molecule has 3 aliphatic heterocycles. The monoisotopic (exact) mass is 348 g/mol. The molecule has 0 radical (unpaired) electrons. The fraction of sp³-hybridized carbons (Fsp3) is 0.895. The van der Waals surface area contributed by atoms with Crippen LogP contribution in [0.15, 0.2) is 0 Å². The Morgan fingerprint density at radius 1 is 0.920 bits per heavy atom. The minimum atomic E-state index is -0.289. The number of piperazine rings is 1. The van der Waals surface area contributed by atoms with Crippen molar-refractivity contribution in [3.63, 3.8) is 0 Å². The molecule has 3 heterocycles. The van der Waals surface area contributed by atoms with Crippen molar-refractivity contribution >= 4 is 11.9 Å². The highest BCUT2D eigenvalue weighted by Crippen LogP contribution is 2.42. The van der Waals surface area contributed by atoms with Gasteiger partial charge < -0.3 is 19.6 Å². The summed E-state index contributed by atoms with van der Waals surface area (Å²) in [5, 5.41) is 0. The van der Waals surface area contributed by atoms with Crippen molar-refractivity contribution in [1.82, 2.24) is 19.6 Å². The van der Waals surface area contributed by atoms with Crippen LogP contribution in [-0.4, -0.2) is 90.4 Å². The maximum atomic E-state index is 13.3. The quantitative estimate of drug-likeness (QED) is 0.723. The molecule has 1 aliphatic carbocycles. The maximum Gasteiger partial charge on any atom is 0.320 e. The van der Waals surface area contributed by atoms with Crippen LogP contribution >= 0.6 is 0 Å². The van der Waals surface area contributed by atoms with Crippen LogP contribution in [0.2, 0.25) is 0 Å². The van der Waals surface area contributed by atoms with Gasteiger partial charge in [-0.1, -0.05) is 12.8 Å². The molecular weight excluding hydrogens is 316 g/mol. The topological polar surface area (TPSA) is 47.1 Å². The molecule has 3 amide bonds. The molecule has 1 atom stereocenters. The average molecular weight is 348 g/mol. The Balaban J connectivity index is 1.41. The second-order valence-electron chi connectivity index (χ2n) is 8.57. The lowest BCUT2D eigenvalue weighted by molar-refractivity contribution is -0.148. The molecule has 6 heteroatoms. The molecule has 3 saturated heterocycles. The van der Waals surface area contributed by atoms with Crippen LogP contribution in [0, 0.1) is 5.41 Å². The lowest BCUT2D eigenvalue weighted by Crippen LogP contribution is -2.55. The zero-order valence-electron chi connectivity index (χ0n) is 15.6. The third-order valence-electron chi connectivity index (χ3n) is 6.93. The Bertz CT molecular complexity index is 526. The molecule has 0 N–H and O–H groups in total. The Morgan fingerprint density at radius 3 is 2.36 bits per heavy atom. The minimum absolute atomic E-state index is 0.149. The molecule has 0 aromatic rings. The third-order valence-corrected chi connectivity index (χ3v) is 6.93. The first-order valence-corrected chi connectivity index (χ1v) is 10.1. The number of carbonyl (C=O) groups excluding carboxylic acids is 2. The Hall–Kier alpha value is -1.30. The first kappa shape index (κ1) is 17.1. The van der Waals surface area contributed by atoms with Gasteiger partial charge in [0.2, 0.25) is 5.91 Å². The van der Waals surface area contributed by atoms with Gasteiger partial charge >= 0.3 is 6.03 Å². The van der Waals surface area contributed by atoms with E-state index in [2.05, 4.69) is 16.8 Å². The summed E-state index contributed by atoms with van der Waals surface area (Å²) in [6.45, 7) is 5.81. The van der Waals surface area contributed by atoms with Crippen LogP contribution in [0.25, 0.3) is 0 Å². The summed E-state index contributed by atoms with van der Waals surface area (Å²) in [5.74, 6) is 0.347. The first-order valence-electron chi connectivity index (χ1n) is 10.1. The number of likely N-dealkylation sites (N-methyl/N-ethyl adjacent to an activating group) is 1. The zero-order valence-corrected chi connectivity index (χ0v) is 15.6. The van der Waals surface area contributed by atoms with Crippen LogP contribution in [0.1, 0.15) is 44.9 Å². The van der Waals surface area contributed by atoms with Crippen LogP contribution < -0.4 is 0 Å². The van der Waals surface area contributed by atoms with Crippen molar-refractivity contribution in [2.75, 3.05) is 52.9 Å². The van der Waals surface area contributed by atoms with Gasteiger partial charge in [-0.2, -0.15) is 0 Å². The number of amides is 3. The number of nitrogens with zero attached hydrogens (tertiary/aromatic N) is 4. The molecule has 140 valence electrons. The lowest BCUT2D eigenvalue weighted by Gasteiger charge is -2.42. The summed E-state index contributed by atoms with van der Waals surface area (Å²) >= 11 is 0. The van der Waals surface area contributed by atoms with Crippen molar-refractivity contribution in [2.24, 2.45) is 5.41 Å². The molecule has 1 spiro atoms. The summed E-state index contributed by atoms with van der Waals surface area (Å²) in [6, 6.07) is 0.614. The standard InChI is InChI=1S/C19H32N4O2/c1-20-11-13-21(14-12-20)18(25)22-10-8-19(15-22)7-4-9-23(17(19)24)16-5-2-3-6-16/h16H,2-15H2,1H3/t19-/m0/s1. The van der Waals surface area contributed by atoms with E-state index in [1.54, 1.807) is 0 Å². The van der Waals surface area contributed by atoms with E-state index in [1.807, 2.05) is 9.80 Å². The number of likely N-dealkylation sites (tertiary alicyclic amines) is 2. The number of carbonyl (C=O) groups is 2. The second kappa shape index (κ2) is 6.78. The highest BCUT2D eigenvalue weighted by molar-refractivity contribution is 5.86. The van der Waals surface area contributed by atoms with E-state index < -0.39 is 0 Å². The molecule has 25 heavy (non-hydrogen) atoms. The summed E-state index contributed by atoms with van der Waals surface area (Å²) in [4.78, 5) is 34.6. The molecule has 4 fully saturated rings. The predicted molar refractivity (Wildman–Crippen MR) is 96.3 cm³/mol. The van der Waals surface area contributed by atoms with Gasteiger partial charge in [-0.3, -0.25) is 4.79 Å². The van der Waals surface area contributed by atoms with E-state index in [1.165, 1.54) is 25.7 Å². The minimum Gasteiger partial charge on any atom is -0.339 e. The van der Waals surface area contributed by atoms with Gasteiger partial charge in [-0.25, -0.2) is 4.79 Å². The van der Waals surface area contributed by atoms with Crippen LogP contribution in [0.3, 0.4) is 0 Å². The number of urea groups is 1. The normalized spacial score (nSPS) is 32.2. The van der Waals surface area contributed by atoms with E-state index in [0.717, 1.165) is 58.5 Å². The van der Waals surface area contributed by atoms with Crippen molar-refractivity contribution in [2.45, 2.75) is 51.0 Å². The van der Waals surface area contributed by atoms with Crippen molar-refractivity contribution < 1.29 is 9.59 Å². The average Bonchev–Trinajstić information content (AvgIpc) is 3.29. The van der Waals surface area contributed by atoms with Gasteiger partial charge in [0.15, 0.2) is 0 Å². The molecule has 4 rings (SSSR count). The van der Waals surface area contributed by atoms with Crippen LogP contribution in [0.5, 0.6) is 0 Å². The van der Waals surface area contributed by atoms with E-state index >= 15 is 0 Å². The van der Waals surface area contributed by atoms with E-state index in [9.17, 15) is 9.59 Å². The Labute approximate surface area is 151 Å². The smallest absolute Gasteiger partial charge is 0.320 e.